The van der Waals surface area contributed by atoms with E-state index in [1.807, 2.05) is 26.0 Å². The smallest absolute Gasteiger partial charge is 0.334 e. The molecule has 3 aliphatic rings. The third-order valence-corrected chi connectivity index (χ3v) is 5.38. The fraction of sp³-hybridized carbons (Fsp3) is 0.476. The summed E-state index contributed by atoms with van der Waals surface area (Å²) in [5.74, 6) is -0.412. The number of carbonyl (C=O) groups excluding carboxylic acids is 3. The first-order valence-corrected chi connectivity index (χ1v) is 9.59. The highest BCUT2D eigenvalue weighted by molar-refractivity contribution is 6.08. The molecule has 7 heteroatoms. The minimum atomic E-state index is -0.934. The van der Waals surface area contributed by atoms with Crippen LogP contribution in [0.3, 0.4) is 0 Å². The highest BCUT2D eigenvalue weighted by Crippen LogP contribution is 2.38. The van der Waals surface area contributed by atoms with Crippen molar-refractivity contribution in [3.05, 3.63) is 30.4 Å². The maximum Gasteiger partial charge on any atom is 0.334 e. The van der Waals surface area contributed by atoms with E-state index in [1.54, 1.807) is 18.2 Å². The van der Waals surface area contributed by atoms with Gasteiger partial charge in [0.1, 0.15) is 11.8 Å². The molecular weight excluding hydrogens is 362 g/mol. The Hall–Kier alpha value is -2.83. The summed E-state index contributed by atoms with van der Waals surface area (Å²) < 4.78 is 16.1. The van der Waals surface area contributed by atoms with Crippen LogP contribution in [-0.2, 0) is 14.4 Å². The van der Waals surface area contributed by atoms with Crippen LogP contribution < -0.4 is 14.2 Å². The maximum absolute atomic E-state index is 13.0. The van der Waals surface area contributed by atoms with E-state index < -0.39 is 12.0 Å². The SMILES string of the molecule is CC(C)CC(C(=O)Oc1ccc2c(c1)OCO2)N1C(=O)C2CC=CCC2C1=O. The third-order valence-electron chi connectivity index (χ3n) is 5.38. The van der Waals surface area contributed by atoms with Crippen LogP contribution in [0.4, 0.5) is 0 Å². The lowest BCUT2D eigenvalue weighted by Crippen LogP contribution is -2.48. The van der Waals surface area contributed by atoms with Crippen molar-refractivity contribution >= 4 is 17.8 Å². The summed E-state index contributed by atoms with van der Waals surface area (Å²) in [7, 11) is 0. The molecule has 0 spiro atoms. The second kappa shape index (κ2) is 7.30. The molecule has 1 aliphatic carbocycles. The van der Waals surface area contributed by atoms with Crippen molar-refractivity contribution < 1.29 is 28.6 Å². The predicted molar refractivity (Wildman–Crippen MR) is 98.7 cm³/mol. The normalized spacial score (nSPS) is 23.9. The summed E-state index contributed by atoms with van der Waals surface area (Å²) in [6, 6.07) is 3.91. The van der Waals surface area contributed by atoms with Crippen molar-refractivity contribution in [1.82, 2.24) is 4.90 Å². The van der Waals surface area contributed by atoms with Gasteiger partial charge in [0.15, 0.2) is 11.5 Å². The van der Waals surface area contributed by atoms with Crippen LogP contribution in [0.15, 0.2) is 30.4 Å². The molecule has 4 rings (SSSR count). The van der Waals surface area contributed by atoms with Crippen LogP contribution in [0.2, 0.25) is 0 Å². The van der Waals surface area contributed by atoms with Crippen molar-refractivity contribution in [3.63, 3.8) is 0 Å². The van der Waals surface area contributed by atoms with Gasteiger partial charge in [-0.3, -0.25) is 14.5 Å². The van der Waals surface area contributed by atoms with E-state index in [2.05, 4.69) is 0 Å². The number of ether oxygens (including phenoxy) is 3. The lowest BCUT2D eigenvalue weighted by atomic mass is 9.85. The molecule has 148 valence electrons. The van der Waals surface area contributed by atoms with Gasteiger partial charge >= 0.3 is 5.97 Å². The van der Waals surface area contributed by atoms with Crippen LogP contribution in [0.25, 0.3) is 0 Å². The second-order valence-electron chi connectivity index (χ2n) is 7.78. The molecule has 0 saturated carbocycles. The third kappa shape index (κ3) is 3.25. The van der Waals surface area contributed by atoms with Crippen LogP contribution in [0.1, 0.15) is 33.1 Å². The standard InChI is InChI=1S/C21H23NO6/c1-12(2)9-16(22-19(23)14-5-3-4-6-15(14)20(22)24)21(25)28-13-7-8-17-18(10-13)27-11-26-17/h3-4,7-8,10,12,14-16H,5-6,9,11H2,1-2H3. The van der Waals surface area contributed by atoms with E-state index in [4.69, 9.17) is 14.2 Å². The number of imide groups is 1. The number of benzene rings is 1. The van der Waals surface area contributed by atoms with E-state index in [0.29, 0.717) is 36.5 Å². The van der Waals surface area contributed by atoms with Gasteiger partial charge < -0.3 is 14.2 Å². The number of amides is 2. The van der Waals surface area contributed by atoms with Gasteiger partial charge in [-0.05, 0) is 37.3 Å². The van der Waals surface area contributed by atoms with Crippen LogP contribution in [-0.4, -0.2) is 35.5 Å². The molecule has 0 N–H and O–H groups in total. The molecule has 28 heavy (non-hydrogen) atoms. The molecule has 1 aromatic rings. The summed E-state index contributed by atoms with van der Waals surface area (Å²) >= 11 is 0. The van der Waals surface area contributed by atoms with Gasteiger partial charge in [0.05, 0.1) is 11.8 Å². The fourth-order valence-electron chi connectivity index (χ4n) is 4.01. The average Bonchev–Trinajstić information content (AvgIpc) is 3.23. The van der Waals surface area contributed by atoms with Crippen molar-refractivity contribution in [3.8, 4) is 17.2 Å². The van der Waals surface area contributed by atoms with Crippen molar-refractivity contribution in [2.75, 3.05) is 6.79 Å². The number of carbonyl (C=O) groups is 3. The largest absolute Gasteiger partial charge is 0.454 e. The molecule has 2 aliphatic heterocycles. The molecule has 0 bridgehead atoms. The highest BCUT2D eigenvalue weighted by Gasteiger charge is 2.51. The Balaban J connectivity index is 1.56. The number of nitrogens with zero attached hydrogens (tertiary/aromatic N) is 1. The molecule has 3 atom stereocenters. The van der Waals surface area contributed by atoms with Crippen molar-refractivity contribution in [2.45, 2.75) is 39.2 Å². The Kier molecular flexibility index (Phi) is 4.83. The molecule has 2 heterocycles. The first kappa shape index (κ1) is 18.5. The molecule has 2 amide bonds. The molecule has 1 aromatic carbocycles. The zero-order chi connectivity index (χ0) is 19.8. The monoisotopic (exact) mass is 385 g/mol. The lowest BCUT2D eigenvalue weighted by Gasteiger charge is -2.26. The Morgan fingerprint density at radius 2 is 1.75 bits per heavy atom. The molecule has 1 saturated heterocycles. The van der Waals surface area contributed by atoms with Crippen molar-refractivity contribution in [2.24, 2.45) is 17.8 Å². The number of fused-ring (bicyclic) bond motifs is 2. The fourth-order valence-corrected chi connectivity index (χ4v) is 4.01. The number of rotatable bonds is 5. The Bertz CT molecular complexity index is 819. The van der Waals surface area contributed by atoms with Crippen molar-refractivity contribution in [1.29, 1.82) is 0 Å². The van der Waals surface area contributed by atoms with E-state index in [9.17, 15) is 14.4 Å². The average molecular weight is 385 g/mol. The first-order valence-electron chi connectivity index (χ1n) is 9.59. The Morgan fingerprint density at radius 3 is 2.39 bits per heavy atom. The minimum Gasteiger partial charge on any atom is -0.454 e. The molecule has 7 nitrogen and oxygen atoms in total. The van der Waals surface area contributed by atoms with Gasteiger partial charge in [0, 0.05) is 6.07 Å². The lowest BCUT2D eigenvalue weighted by molar-refractivity contribution is -0.154. The first-order chi connectivity index (χ1) is 13.5. The minimum absolute atomic E-state index is 0.107. The second-order valence-corrected chi connectivity index (χ2v) is 7.78. The van der Waals surface area contributed by atoms with Gasteiger partial charge in [-0.15, -0.1) is 0 Å². The highest BCUT2D eigenvalue weighted by atomic mass is 16.7. The summed E-state index contributed by atoms with van der Waals surface area (Å²) in [6.45, 7) is 4.01. The number of hydrogen-bond acceptors (Lipinski definition) is 6. The number of hydrogen-bond donors (Lipinski definition) is 0. The van der Waals surface area contributed by atoms with E-state index in [1.165, 1.54) is 0 Å². The molecule has 0 radical (unpaired) electrons. The van der Waals surface area contributed by atoms with Gasteiger partial charge in [0.2, 0.25) is 18.6 Å². The number of allylic oxidation sites excluding steroid dienone is 2. The van der Waals surface area contributed by atoms with Gasteiger partial charge in [-0.1, -0.05) is 26.0 Å². The summed E-state index contributed by atoms with van der Waals surface area (Å²) in [4.78, 5) is 39.9. The van der Waals surface area contributed by atoms with Gasteiger partial charge in [0.25, 0.3) is 0 Å². The molecule has 3 unspecified atom stereocenters. The summed E-state index contributed by atoms with van der Waals surface area (Å²) in [5.41, 5.74) is 0. The molecule has 1 fully saturated rings. The van der Waals surface area contributed by atoms with E-state index in [-0.39, 0.29) is 36.4 Å². The zero-order valence-corrected chi connectivity index (χ0v) is 15.9. The van der Waals surface area contributed by atoms with Crippen LogP contribution in [0.5, 0.6) is 17.2 Å². The van der Waals surface area contributed by atoms with Crippen LogP contribution in [0, 0.1) is 17.8 Å². The van der Waals surface area contributed by atoms with Crippen LogP contribution >= 0.6 is 0 Å². The summed E-state index contributed by atoms with van der Waals surface area (Å²) in [6.07, 6.45) is 5.29. The van der Waals surface area contributed by atoms with E-state index >= 15 is 0 Å². The van der Waals surface area contributed by atoms with Gasteiger partial charge in [-0.2, -0.15) is 0 Å². The number of likely N-dealkylation sites (tertiary alicyclic amines) is 1. The number of esters is 1. The quantitative estimate of drug-likeness (QED) is 0.335. The maximum atomic E-state index is 13.0. The molecule has 0 aromatic heterocycles. The Morgan fingerprint density at radius 1 is 1.11 bits per heavy atom. The van der Waals surface area contributed by atoms with E-state index in [0.717, 1.165) is 4.90 Å². The zero-order valence-electron chi connectivity index (χ0n) is 15.9. The molecular formula is C21H23NO6. The summed E-state index contributed by atoms with van der Waals surface area (Å²) in [5, 5.41) is 0. The topological polar surface area (TPSA) is 82.1 Å². The van der Waals surface area contributed by atoms with Gasteiger partial charge in [-0.25, -0.2) is 4.79 Å². The Labute approximate surface area is 163 Å². The predicted octanol–water partition coefficient (Wildman–Crippen LogP) is 2.69.